The molecule has 16 heteroatoms. The van der Waals surface area contributed by atoms with Crippen molar-refractivity contribution in [1.82, 2.24) is 0 Å². The Hall–Kier alpha value is -5.92. The van der Waals surface area contributed by atoms with Crippen LogP contribution in [0.5, 0.6) is 23.0 Å². The van der Waals surface area contributed by atoms with Crippen molar-refractivity contribution in [2.75, 3.05) is 0 Å². The number of azo groups is 2. The maximum absolute atomic E-state index is 12.0. The fraction of sp³-hybridized carbons (Fsp3) is 0. The standard InChI is InChI=1S/C16H13N3O4S.C16H11N3O4.Cr/c17-24(22,23)11-6-8-14(20)13(9-11)18-19-16-12-4-2-1-3-10(12)5-7-15(16)21;20-14-8-5-10-3-1-2-4-12(10)16(14)18-17-13-7-6-11(19(22)23)9-15(13)21;/h1-9,20-21H,(H2,17,22,23);1-9,20-21H;/q;;+3/p-3. The van der Waals surface area contributed by atoms with Crippen LogP contribution in [0.25, 0.3) is 21.5 Å². The SMILES string of the molecule is N=S(=O)([O-])c1ccc([O-])c(N=Nc2c([O-])ccc3ccccc23)c1.O=[N+]([O-])c1ccc(N=Nc2c(O)ccc3ccccc23)c(O)c1.[Cr+3]. The van der Waals surface area contributed by atoms with E-state index in [9.17, 15) is 39.3 Å². The van der Waals surface area contributed by atoms with Crippen LogP contribution in [0.15, 0.2) is 135 Å². The molecule has 6 rings (SSSR count). The third-order valence-corrected chi connectivity index (χ3v) is 7.54. The van der Waals surface area contributed by atoms with Crippen molar-refractivity contribution in [1.29, 1.82) is 4.78 Å². The van der Waals surface area contributed by atoms with Gasteiger partial charge in [0, 0.05) is 31.7 Å². The summed E-state index contributed by atoms with van der Waals surface area (Å²) in [6.45, 7) is 0. The largest absolute Gasteiger partial charge is 3.00 e. The van der Waals surface area contributed by atoms with E-state index in [4.69, 9.17) is 4.78 Å². The summed E-state index contributed by atoms with van der Waals surface area (Å²) in [7, 11) is -4.22. The van der Waals surface area contributed by atoms with Gasteiger partial charge in [-0.2, -0.15) is 10.2 Å². The average molecular weight is 702 g/mol. The number of fused-ring (bicyclic) bond motifs is 2. The van der Waals surface area contributed by atoms with Crippen molar-refractivity contribution in [3.63, 3.8) is 0 Å². The summed E-state index contributed by atoms with van der Waals surface area (Å²) in [6.07, 6.45) is 0. The van der Waals surface area contributed by atoms with Gasteiger partial charge in [0.25, 0.3) is 5.69 Å². The Morgan fingerprint density at radius 2 is 1.21 bits per heavy atom. The molecular formula is C32H21CrN6O8S. The van der Waals surface area contributed by atoms with Crippen LogP contribution >= 0.6 is 0 Å². The minimum absolute atomic E-state index is 0. The molecule has 0 fully saturated rings. The van der Waals surface area contributed by atoms with E-state index >= 15 is 0 Å². The number of phenolic OH excluding ortho intramolecular Hbond substituents is 2. The number of non-ortho nitro benzene ring substituents is 1. The Labute approximate surface area is 283 Å². The molecule has 1 unspecified atom stereocenters. The minimum atomic E-state index is -4.22. The molecular weight excluding hydrogens is 680 g/mol. The summed E-state index contributed by atoms with van der Waals surface area (Å²) in [5, 5.41) is 72.6. The second-order valence-electron chi connectivity index (χ2n) is 9.75. The summed E-state index contributed by atoms with van der Waals surface area (Å²) in [4.78, 5) is 9.66. The zero-order valence-electron chi connectivity index (χ0n) is 24.3. The van der Waals surface area contributed by atoms with Crippen molar-refractivity contribution in [2.45, 2.75) is 4.90 Å². The molecule has 14 nitrogen and oxygen atoms in total. The van der Waals surface area contributed by atoms with Gasteiger partial charge in [-0.25, -0.2) is 0 Å². The molecule has 0 spiro atoms. The smallest absolute Gasteiger partial charge is 0.871 e. The second-order valence-corrected chi connectivity index (χ2v) is 11.2. The number of nitrogens with one attached hydrogen (secondary N) is 1. The third kappa shape index (κ3) is 7.89. The molecule has 0 aliphatic heterocycles. The molecule has 0 aliphatic rings. The number of nitro groups is 1. The van der Waals surface area contributed by atoms with E-state index in [-0.39, 0.29) is 67.9 Å². The Bertz CT molecular complexity index is 2330. The van der Waals surface area contributed by atoms with Gasteiger partial charge in [0.05, 0.1) is 22.4 Å². The Kier molecular flexibility index (Phi) is 10.7. The van der Waals surface area contributed by atoms with Crippen molar-refractivity contribution >= 4 is 60.0 Å². The van der Waals surface area contributed by atoms with Crippen LogP contribution in [0.4, 0.5) is 28.4 Å². The topological polar surface area (TPSA) is 243 Å². The molecule has 0 bridgehead atoms. The molecule has 1 radical (unpaired) electrons. The zero-order chi connectivity index (χ0) is 33.7. The van der Waals surface area contributed by atoms with Gasteiger partial charge in [0.2, 0.25) is 0 Å². The zero-order valence-corrected chi connectivity index (χ0v) is 26.4. The Morgan fingerprint density at radius 3 is 1.83 bits per heavy atom. The van der Waals surface area contributed by atoms with Gasteiger partial charge in [0.1, 0.15) is 22.9 Å². The monoisotopic (exact) mass is 701 g/mol. The first-order valence-corrected chi connectivity index (χ1v) is 14.9. The first kappa shape index (κ1) is 34.9. The van der Waals surface area contributed by atoms with Crippen molar-refractivity contribution < 1.29 is 51.5 Å². The maximum atomic E-state index is 12.0. The van der Waals surface area contributed by atoms with Gasteiger partial charge in [-0.15, -0.1) is 10.2 Å². The van der Waals surface area contributed by atoms with Crippen LogP contribution in [0.2, 0.25) is 0 Å². The van der Waals surface area contributed by atoms with Crippen LogP contribution in [0, 0.1) is 14.9 Å². The molecule has 0 heterocycles. The van der Waals surface area contributed by atoms with Crippen LogP contribution in [0.1, 0.15) is 0 Å². The molecule has 239 valence electrons. The van der Waals surface area contributed by atoms with Crippen molar-refractivity contribution in [3.8, 4) is 23.0 Å². The Balaban J connectivity index is 0.000000212. The van der Waals surface area contributed by atoms with Crippen LogP contribution in [0.3, 0.4) is 0 Å². The number of rotatable bonds is 6. The summed E-state index contributed by atoms with van der Waals surface area (Å²) in [6, 6.07) is 27.2. The van der Waals surface area contributed by atoms with Gasteiger partial charge in [0.15, 0.2) is 0 Å². The van der Waals surface area contributed by atoms with Gasteiger partial charge < -0.3 is 25.0 Å². The Morgan fingerprint density at radius 1 is 0.646 bits per heavy atom. The predicted octanol–water partition coefficient (Wildman–Crippen LogP) is 7.51. The fourth-order valence-electron chi connectivity index (χ4n) is 4.35. The molecule has 0 aliphatic carbocycles. The normalized spacial score (nSPS) is 12.4. The maximum Gasteiger partial charge on any atom is 3.00 e. The van der Waals surface area contributed by atoms with E-state index in [1.54, 1.807) is 36.4 Å². The first-order chi connectivity index (χ1) is 22.4. The molecule has 0 saturated carbocycles. The number of benzene rings is 6. The van der Waals surface area contributed by atoms with Crippen molar-refractivity contribution in [2.24, 2.45) is 20.5 Å². The summed E-state index contributed by atoms with van der Waals surface area (Å²) in [5.41, 5.74) is -0.0967. The molecule has 1 atom stereocenters. The quantitative estimate of drug-likeness (QED) is 0.0888. The van der Waals surface area contributed by atoms with Crippen LogP contribution in [-0.4, -0.2) is 23.9 Å². The van der Waals surface area contributed by atoms with E-state index in [1.165, 1.54) is 24.3 Å². The van der Waals surface area contributed by atoms with Gasteiger partial charge in [-0.1, -0.05) is 84.3 Å². The predicted molar refractivity (Wildman–Crippen MR) is 168 cm³/mol. The second kappa shape index (κ2) is 14.7. The molecule has 6 aromatic carbocycles. The van der Waals surface area contributed by atoms with Gasteiger partial charge in [-0.3, -0.25) is 19.1 Å². The summed E-state index contributed by atoms with van der Waals surface area (Å²) >= 11 is 0. The number of hydrogen-bond donors (Lipinski definition) is 3. The van der Waals surface area contributed by atoms with Gasteiger partial charge >= 0.3 is 17.4 Å². The molecule has 0 saturated heterocycles. The number of nitro benzene ring substituents is 1. The van der Waals surface area contributed by atoms with E-state index in [2.05, 4.69) is 20.5 Å². The molecule has 6 aromatic rings. The summed E-state index contributed by atoms with van der Waals surface area (Å²) in [5.74, 6) is -1.33. The number of hydrogen-bond acceptors (Lipinski definition) is 13. The van der Waals surface area contributed by atoms with Crippen LogP contribution < -0.4 is 10.2 Å². The van der Waals surface area contributed by atoms with E-state index in [0.29, 0.717) is 10.8 Å². The first-order valence-electron chi connectivity index (χ1n) is 13.4. The molecule has 3 N–H and O–H groups in total. The summed E-state index contributed by atoms with van der Waals surface area (Å²) < 4.78 is 29.5. The molecule has 48 heavy (non-hydrogen) atoms. The van der Waals surface area contributed by atoms with Gasteiger partial charge in [-0.05, 0) is 35.0 Å². The third-order valence-electron chi connectivity index (χ3n) is 6.67. The number of aromatic hydroxyl groups is 2. The number of phenols is 2. The average Bonchev–Trinajstić information content (AvgIpc) is 3.04. The van der Waals surface area contributed by atoms with Crippen LogP contribution in [-0.2, 0) is 27.4 Å². The van der Waals surface area contributed by atoms with Crippen molar-refractivity contribution in [3.05, 3.63) is 119 Å². The molecule has 0 aromatic heterocycles. The number of nitrogens with zero attached hydrogens (tertiary/aromatic N) is 5. The fourth-order valence-corrected chi connectivity index (χ4v) is 4.86. The van der Waals surface area contributed by atoms with E-state index < -0.39 is 20.7 Å². The van der Waals surface area contributed by atoms with E-state index in [1.807, 2.05) is 24.3 Å². The van der Waals surface area contributed by atoms with E-state index in [0.717, 1.165) is 35.0 Å². The minimum Gasteiger partial charge on any atom is -0.871 e. The molecule has 0 amide bonds.